The summed E-state index contributed by atoms with van der Waals surface area (Å²) in [5.74, 6) is 0. The number of sulfonamides is 1. The number of hydrogen-bond acceptors (Lipinski definition) is 5. The fraction of sp³-hybridized carbons (Fsp3) is 0.308. The highest BCUT2D eigenvalue weighted by Crippen LogP contribution is 2.26. The summed E-state index contributed by atoms with van der Waals surface area (Å²) in [6, 6.07) is 2.42. The van der Waals surface area contributed by atoms with E-state index in [0.717, 1.165) is 6.07 Å². The number of nitro benzene ring substituents is 1. The molecule has 0 aliphatic carbocycles. The zero-order chi connectivity index (χ0) is 16.5. The number of benzene rings is 1. The third-order valence-electron chi connectivity index (χ3n) is 3.31. The summed E-state index contributed by atoms with van der Waals surface area (Å²) >= 11 is 0. The molecular weight excluding hydrogens is 308 g/mol. The van der Waals surface area contributed by atoms with Crippen LogP contribution in [0.15, 0.2) is 29.4 Å². The molecule has 22 heavy (non-hydrogen) atoms. The predicted molar refractivity (Wildman–Crippen MR) is 81.3 cm³/mol. The first-order valence-corrected chi connectivity index (χ1v) is 8.04. The van der Waals surface area contributed by atoms with Crippen LogP contribution in [0.5, 0.6) is 0 Å². The number of aromatic nitrogens is 2. The summed E-state index contributed by atoms with van der Waals surface area (Å²) in [6.07, 6.45) is 2.94. The third-order valence-corrected chi connectivity index (χ3v) is 4.82. The van der Waals surface area contributed by atoms with E-state index in [0.29, 0.717) is 23.4 Å². The van der Waals surface area contributed by atoms with Crippen molar-refractivity contribution < 1.29 is 13.3 Å². The van der Waals surface area contributed by atoms with Crippen LogP contribution in [-0.2, 0) is 16.6 Å². The molecule has 0 fully saturated rings. The molecule has 0 saturated heterocycles. The van der Waals surface area contributed by atoms with Gasteiger partial charge in [0.15, 0.2) is 0 Å². The minimum Gasteiger partial charge on any atom is -0.276 e. The molecule has 0 radical (unpaired) electrons. The third kappa shape index (κ3) is 3.08. The van der Waals surface area contributed by atoms with Crippen LogP contribution < -0.4 is 4.72 Å². The average molecular weight is 324 g/mol. The van der Waals surface area contributed by atoms with Crippen LogP contribution in [0.3, 0.4) is 0 Å². The van der Waals surface area contributed by atoms with Crippen molar-refractivity contribution in [3.63, 3.8) is 0 Å². The molecule has 0 atom stereocenters. The molecule has 9 heteroatoms. The van der Waals surface area contributed by atoms with Gasteiger partial charge >= 0.3 is 0 Å². The van der Waals surface area contributed by atoms with Gasteiger partial charge in [0.2, 0.25) is 0 Å². The molecule has 118 valence electrons. The Hall–Kier alpha value is -2.42. The van der Waals surface area contributed by atoms with E-state index < -0.39 is 14.9 Å². The zero-order valence-corrected chi connectivity index (χ0v) is 13.2. The summed E-state index contributed by atoms with van der Waals surface area (Å²) in [6.45, 7) is 5.73. The molecule has 1 N–H and O–H groups in total. The topological polar surface area (TPSA) is 107 Å². The number of aryl methyl sites for hydroxylation is 2. The molecule has 0 amide bonds. The molecule has 0 unspecified atom stereocenters. The number of anilines is 1. The Morgan fingerprint density at radius 3 is 2.59 bits per heavy atom. The SMILES string of the molecule is CCn1cc(NS(=O)(=O)c2cc([N+](=O)[O-])cc(C)c2C)cn1. The molecule has 0 spiro atoms. The van der Waals surface area contributed by atoms with Gasteiger partial charge in [0.25, 0.3) is 15.7 Å². The Balaban J connectivity index is 2.46. The first-order valence-electron chi connectivity index (χ1n) is 6.55. The second-order valence-corrected chi connectivity index (χ2v) is 6.48. The maximum absolute atomic E-state index is 12.5. The van der Waals surface area contributed by atoms with Crippen molar-refractivity contribution in [2.45, 2.75) is 32.2 Å². The minimum absolute atomic E-state index is 0.108. The molecule has 1 heterocycles. The summed E-state index contributed by atoms with van der Waals surface area (Å²) in [4.78, 5) is 10.2. The van der Waals surface area contributed by atoms with E-state index in [1.807, 2.05) is 6.92 Å². The maximum Gasteiger partial charge on any atom is 0.271 e. The Morgan fingerprint density at radius 1 is 1.36 bits per heavy atom. The Morgan fingerprint density at radius 2 is 2.05 bits per heavy atom. The van der Waals surface area contributed by atoms with E-state index in [9.17, 15) is 18.5 Å². The summed E-state index contributed by atoms with van der Waals surface area (Å²) < 4.78 is 28.9. The van der Waals surface area contributed by atoms with E-state index in [2.05, 4.69) is 9.82 Å². The number of rotatable bonds is 5. The van der Waals surface area contributed by atoms with Crippen LogP contribution in [-0.4, -0.2) is 23.1 Å². The van der Waals surface area contributed by atoms with Crippen LogP contribution in [0.2, 0.25) is 0 Å². The Bertz CT molecular complexity index is 827. The van der Waals surface area contributed by atoms with Crippen molar-refractivity contribution in [2.75, 3.05) is 4.72 Å². The van der Waals surface area contributed by atoms with Crippen LogP contribution >= 0.6 is 0 Å². The van der Waals surface area contributed by atoms with Gasteiger partial charge in [0, 0.05) is 24.9 Å². The zero-order valence-electron chi connectivity index (χ0n) is 12.4. The van der Waals surface area contributed by atoms with E-state index in [4.69, 9.17) is 0 Å². The van der Waals surface area contributed by atoms with Gasteiger partial charge in [0.05, 0.1) is 21.7 Å². The van der Waals surface area contributed by atoms with Gasteiger partial charge in [-0.2, -0.15) is 5.10 Å². The molecule has 8 nitrogen and oxygen atoms in total. The van der Waals surface area contributed by atoms with Crippen molar-refractivity contribution in [3.05, 3.63) is 45.8 Å². The van der Waals surface area contributed by atoms with Gasteiger partial charge in [-0.25, -0.2) is 8.42 Å². The minimum atomic E-state index is -3.93. The van der Waals surface area contributed by atoms with Crippen LogP contribution in [0.25, 0.3) is 0 Å². The largest absolute Gasteiger partial charge is 0.276 e. The normalized spacial score (nSPS) is 11.4. The standard InChI is InChI=1S/C13H16N4O4S/c1-4-16-8-11(7-14-16)15-22(20,21)13-6-12(17(18)19)5-9(2)10(13)3/h5-8,15H,4H2,1-3H3. The number of nitrogens with one attached hydrogen (secondary N) is 1. The maximum atomic E-state index is 12.5. The predicted octanol–water partition coefficient (Wildman–Crippen LogP) is 2.23. The summed E-state index contributed by atoms with van der Waals surface area (Å²) in [5, 5.41) is 14.9. The molecule has 0 aliphatic rings. The van der Waals surface area contributed by atoms with E-state index in [-0.39, 0.29) is 10.6 Å². The molecule has 0 saturated carbocycles. The highest BCUT2D eigenvalue weighted by molar-refractivity contribution is 7.92. The quantitative estimate of drug-likeness (QED) is 0.670. The van der Waals surface area contributed by atoms with Crippen molar-refractivity contribution >= 4 is 21.4 Å². The van der Waals surface area contributed by atoms with E-state index in [1.54, 1.807) is 24.7 Å². The van der Waals surface area contributed by atoms with Gasteiger partial charge in [-0.1, -0.05) is 0 Å². The molecule has 2 rings (SSSR count). The molecule has 0 bridgehead atoms. The average Bonchev–Trinajstić information content (AvgIpc) is 2.88. The fourth-order valence-corrected chi connectivity index (χ4v) is 3.36. The smallest absolute Gasteiger partial charge is 0.271 e. The summed E-state index contributed by atoms with van der Waals surface area (Å²) in [7, 11) is -3.93. The lowest BCUT2D eigenvalue weighted by atomic mass is 10.1. The van der Waals surface area contributed by atoms with Crippen LogP contribution in [0.1, 0.15) is 18.1 Å². The number of non-ortho nitro benzene ring substituents is 1. The lowest BCUT2D eigenvalue weighted by Crippen LogP contribution is -2.15. The van der Waals surface area contributed by atoms with Crippen molar-refractivity contribution in [3.8, 4) is 0 Å². The van der Waals surface area contributed by atoms with Gasteiger partial charge in [0.1, 0.15) is 0 Å². The van der Waals surface area contributed by atoms with Crippen molar-refractivity contribution in [1.82, 2.24) is 9.78 Å². The Kier molecular flexibility index (Phi) is 4.18. The molecule has 1 aromatic carbocycles. The fourth-order valence-electron chi connectivity index (χ4n) is 1.99. The van der Waals surface area contributed by atoms with Crippen LogP contribution in [0, 0.1) is 24.0 Å². The van der Waals surface area contributed by atoms with Gasteiger partial charge in [-0.3, -0.25) is 19.5 Å². The van der Waals surface area contributed by atoms with E-state index in [1.165, 1.54) is 12.3 Å². The first-order chi connectivity index (χ1) is 10.2. The monoisotopic (exact) mass is 324 g/mol. The van der Waals surface area contributed by atoms with Gasteiger partial charge in [-0.05, 0) is 31.9 Å². The number of nitro groups is 1. The number of nitrogens with zero attached hydrogens (tertiary/aromatic N) is 3. The second-order valence-electron chi connectivity index (χ2n) is 4.83. The lowest BCUT2D eigenvalue weighted by molar-refractivity contribution is -0.385. The molecule has 1 aromatic heterocycles. The number of hydrogen-bond donors (Lipinski definition) is 1. The Labute approximate surface area is 128 Å². The van der Waals surface area contributed by atoms with Crippen molar-refractivity contribution in [1.29, 1.82) is 0 Å². The highest BCUT2D eigenvalue weighted by atomic mass is 32.2. The van der Waals surface area contributed by atoms with Crippen molar-refractivity contribution in [2.24, 2.45) is 0 Å². The molecule has 2 aromatic rings. The molecule has 0 aliphatic heterocycles. The highest BCUT2D eigenvalue weighted by Gasteiger charge is 2.22. The lowest BCUT2D eigenvalue weighted by Gasteiger charge is -2.10. The second kappa shape index (κ2) is 5.76. The van der Waals surface area contributed by atoms with Gasteiger partial charge < -0.3 is 0 Å². The molecular formula is C13H16N4O4S. The summed E-state index contributed by atoms with van der Waals surface area (Å²) in [5.41, 5.74) is 1.07. The van der Waals surface area contributed by atoms with E-state index >= 15 is 0 Å². The first kappa shape index (κ1) is 16.0. The van der Waals surface area contributed by atoms with Gasteiger partial charge in [-0.15, -0.1) is 0 Å². The van der Waals surface area contributed by atoms with Crippen LogP contribution in [0.4, 0.5) is 11.4 Å².